The Morgan fingerprint density at radius 3 is 2.30 bits per heavy atom. The zero-order valence-corrected chi connectivity index (χ0v) is 16.2. The largest absolute Gasteiger partial charge is 0.504 e. The van der Waals surface area contributed by atoms with Gasteiger partial charge in [-0.3, -0.25) is 9.59 Å². The highest BCUT2D eigenvalue weighted by Crippen LogP contribution is 2.27. The first-order chi connectivity index (χ1) is 14.6. The van der Waals surface area contributed by atoms with Crippen molar-refractivity contribution < 1.29 is 14.6 Å². The number of rotatable bonds is 5. The molecule has 2 N–H and O–H groups in total. The fourth-order valence-electron chi connectivity index (χ4n) is 3.41. The van der Waals surface area contributed by atoms with Crippen molar-refractivity contribution in [1.29, 1.82) is 0 Å². The van der Waals surface area contributed by atoms with Crippen molar-refractivity contribution in [2.24, 2.45) is 5.10 Å². The van der Waals surface area contributed by atoms with Crippen molar-refractivity contribution >= 4 is 33.9 Å². The molecule has 7 heteroatoms. The summed E-state index contributed by atoms with van der Waals surface area (Å²) < 4.78 is 6.85. The number of phenols is 1. The summed E-state index contributed by atoms with van der Waals surface area (Å²) in [5.74, 6) is -0.112. The zero-order chi connectivity index (χ0) is 21.1. The molecule has 0 bridgehead atoms. The highest BCUT2D eigenvalue weighted by atomic mass is 16.5. The van der Waals surface area contributed by atoms with Gasteiger partial charge in [0.15, 0.2) is 16.9 Å². The molecule has 0 aliphatic heterocycles. The van der Waals surface area contributed by atoms with Crippen LogP contribution in [0.2, 0.25) is 0 Å². The Morgan fingerprint density at radius 1 is 1.03 bits per heavy atom. The number of carbonyl (C=O) groups is 1. The van der Waals surface area contributed by atoms with Crippen LogP contribution in [0.15, 0.2) is 76.6 Å². The van der Waals surface area contributed by atoms with E-state index in [1.807, 2.05) is 24.3 Å². The first-order valence-corrected chi connectivity index (χ1v) is 9.28. The number of fused-ring (bicyclic) bond motifs is 2. The van der Waals surface area contributed by atoms with Crippen molar-refractivity contribution in [3.8, 4) is 11.5 Å². The molecule has 4 aromatic rings. The maximum absolute atomic E-state index is 12.8. The summed E-state index contributed by atoms with van der Waals surface area (Å²) >= 11 is 0. The maximum atomic E-state index is 12.8. The summed E-state index contributed by atoms with van der Waals surface area (Å²) in [5.41, 5.74) is 4.16. The number of amides is 1. The average molecular weight is 401 g/mol. The van der Waals surface area contributed by atoms with E-state index in [1.54, 1.807) is 47.0 Å². The van der Waals surface area contributed by atoms with Crippen molar-refractivity contribution in [3.63, 3.8) is 0 Å². The van der Waals surface area contributed by atoms with Crippen LogP contribution in [-0.4, -0.2) is 28.9 Å². The lowest BCUT2D eigenvalue weighted by molar-refractivity contribution is -0.121. The second-order valence-electron chi connectivity index (χ2n) is 6.64. The minimum atomic E-state index is -0.368. The molecule has 0 atom stereocenters. The minimum Gasteiger partial charge on any atom is -0.504 e. The van der Waals surface area contributed by atoms with E-state index in [1.165, 1.54) is 13.3 Å². The summed E-state index contributed by atoms with van der Waals surface area (Å²) in [6.07, 6.45) is 1.34. The maximum Gasteiger partial charge on any atom is 0.260 e. The van der Waals surface area contributed by atoms with E-state index >= 15 is 0 Å². The third-order valence-corrected chi connectivity index (χ3v) is 4.82. The first kappa shape index (κ1) is 19.2. The third kappa shape index (κ3) is 3.48. The van der Waals surface area contributed by atoms with Crippen LogP contribution in [0.1, 0.15) is 5.56 Å². The first-order valence-electron chi connectivity index (χ1n) is 9.28. The molecule has 1 amide bonds. The van der Waals surface area contributed by atoms with Crippen LogP contribution in [0.25, 0.3) is 21.8 Å². The summed E-state index contributed by atoms with van der Waals surface area (Å²) in [6.45, 7) is -0.0251. The highest BCUT2D eigenvalue weighted by molar-refractivity contribution is 5.95. The van der Waals surface area contributed by atoms with Gasteiger partial charge in [-0.25, -0.2) is 5.43 Å². The van der Waals surface area contributed by atoms with Gasteiger partial charge in [-0.15, -0.1) is 0 Å². The summed E-state index contributed by atoms with van der Waals surface area (Å²) in [7, 11) is 1.46. The van der Waals surface area contributed by atoms with E-state index in [-0.39, 0.29) is 23.6 Å². The van der Waals surface area contributed by atoms with Gasteiger partial charge >= 0.3 is 0 Å². The number of carbonyl (C=O) groups excluding carboxylic acids is 1. The lowest BCUT2D eigenvalue weighted by Crippen LogP contribution is -2.25. The van der Waals surface area contributed by atoms with E-state index in [0.29, 0.717) is 33.1 Å². The van der Waals surface area contributed by atoms with Gasteiger partial charge in [0, 0.05) is 16.3 Å². The smallest absolute Gasteiger partial charge is 0.260 e. The van der Waals surface area contributed by atoms with Crippen LogP contribution in [0.3, 0.4) is 0 Å². The molecular formula is C23H19N3O4. The number of nitrogens with zero attached hydrogens (tertiary/aromatic N) is 2. The predicted octanol–water partition coefficient (Wildman–Crippen LogP) is 3.02. The lowest BCUT2D eigenvalue weighted by atomic mass is 10.1. The second-order valence-corrected chi connectivity index (χ2v) is 6.64. The molecule has 150 valence electrons. The predicted molar refractivity (Wildman–Crippen MR) is 116 cm³/mol. The Bertz CT molecular complexity index is 1280. The number of benzene rings is 3. The van der Waals surface area contributed by atoms with Gasteiger partial charge in [-0.1, -0.05) is 30.3 Å². The summed E-state index contributed by atoms with van der Waals surface area (Å²) in [6, 6.07) is 19.4. The van der Waals surface area contributed by atoms with E-state index in [2.05, 4.69) is 10.5 Å². The highest BCUT2D eigenvalue weighted by Gasteiger charge is 2.12. The fourth-order valence-corrected chi connectivity index (χ4v) is 3.41. The van der Waals surface area contributed by atoms with Gasteiger partial charge in [0.25, 0.3) is 5.91 Å². The zero-order valence-electron chi connectivity index (χ0n) is 16.2. The number of hydrogen-bond donors (Lipinski definition) is 2. The Hall–Kier alpha value is -4.13. The van der Waals surface area contributed by atoms with Gasteiger partial charge < -0.3 is 14.4 Å². The van der Waals surface area contributed by atoms with E-state index in [4.69, 9.17) is 4.74 Å². The number of hydrogen-bond acceptors (Lipinski definition) is 5. The standard InChI is InChI=1S/C23H19N3O4/c1-30-20-12-6-7-15(22(20)28)13-24-25-21(27)14-26-18-10-4-2-8-16(18)23(29)17-9-3-5-11-19(17)26/h2-13,28H,14H2,1H3,(H,25,27). The second kappa shape index (κ2) is 8.08. The van der Waals surface area contributed by atoms with Crippen molar-refractivity contribution in [2.75, 3.05) is 7.11 Å². The number of aromatic hydroxyl groups is 1. The van der Waals surface area contributed by atoms with E-state index in [0.717, 1.165) is 0 Å². The molecule has 3 aromatic carbocycles. The molecule has 0 radical (unpaired) electrons. The number of ether oxygens (including phenoxy) is 1. The van der Waals surface area contributed by atoms with Gasteiger partial charge in [0.2, 0.25) is 0 Å². The number of phenolic OH excluding ortho intramolecular Hbond substituents is 1. The van der Waals surface area contributed by atoms with Gasteiger partial charge in [0.05, 0.1) is 24.4 Å². The lowest BCUT2D eigenvalue weighted by Gasteiger charge is -2.14. The fraction of sp³-hybridized carbons (Fsp3) is 0.0870. The van der Waals surface area contributed by atoms with Gasteiger partial charge in [-0.2, -0.15) is 5.10 Å². The topological polar surface area (TPSA) is 92.9 Å². The Morgan fingerprint density at radius 2 is 1.67 bits per heavy atom. The minimum absolute atomic E-state index is 0.0251. The van der Waals surface area contributed by atoms with Crippen LogP contribution < -0.4 is 15.6 Å². The number of methoxy groups -OCH3 is 1. The Kier molecular flexibility index (Phi) is 5.17. The van der Waals surface area contributed by atoms with Crippen molar-refractivity contribution in [3.05, 3.63) is 82.5 Å². The molecule has 0 aliphatic rings. The monoisotopic (exact) mass is 401 g/mol. The molecule has 30 heavy (non-hydrogen) atoms. The summed E-state index contributed by atoms with van der Waals surface area (Å²) in [5, 5.41) is 15.1. The summed E-state index contributed by atoms with van der Waals surface area (Å²) in [4.78, 5) is 25.3. The number of para-hydroxylation sites is 3. The van der Waals surface area contributed by atoms with Gasteiger partial charge in [-0.05, 0) is 36.4 Å². The molecule has 4 rings (SSSR count). The molecule has 7 nitrogen and oxygen atoms in total. The Balaban J connectivity index is 1.64. The molecular weight excluding hydrogens is 382 g/mol. The Labute approximate surface area is 171 Å². The number of aromatic nitrogens is 1. The third-order valence-electron chi connectivity index (χ3n) is 4.82. The number of hydrazone groups is 1. The quantitative estimate of drug-likeness (QED) is 0.305. The van der Waals surface area contributed by atoms with Gasteiger partial charge in [0.1, 0.15) is 6.54 Å². The van der Waals surface area contributed by atoms with Crippen LogP contribution in [-0.2, 0) is 11.3 Å². The molecule has 0 spiro atoms. The molecule has 0 unspecified atom stereocenters. The normalized spacial score (nSPS) is 11.2. The van der Waals surface area contributed by atoms with Crippen LogP contribution in [0.5, 0.6) is 11.5 Å². The molecule has 0 saturated heterocycles. The SMILES string of the molecule is COc1cccc(C=NNC(=O)Cn2c3ccccc3c(=O)c3ccccc32)c1O. The molecule has 0 saturated carbocycles. The number of pyridine rings is 1. The number of nitrogens with one attached hydrogen (secondary N) is 1. The van der Waals surface area contributed by atoms with Crippen molar-refractivity contribution in [1.82, 2.24) is 9.99 Å². The van der Waals surface area contributed by atoms with Crippen molar-refractivity contribution in [2.45, 2.75) is 6.54 Å². The van der Waals surface area contributed by atoms with E-state index in [9.17, 15) is 14.7 Å². The molecule has 0 aliphatic carbocycles. The van der Waals surface area contributed by atoms with Crippen LogP contribution in [0, 0.1) is 0 Å². The molecule has 1 aromatic heterocycles. The molecule has 0 fully saturated rings. The average Bonchev–Trinajstić information content (AvgIpc) is 2.78. The molecule has 1 heterocycles. The van der Waals surface area contributed by atoms with Crippen LogP contribution in [0.4, 0.5) is 0 Å². The van der Waals surface area contributed by atoms with E-state index < -0.39 is 0 Å². The van der Waals surface area contributed by atoms with Crippen LogP contribution >= 0.6 is 0 Å².